The van der Waals surface area contributed by atoms with Crippen LogP contribution >= 0.6 is 22.2 Å². The second kappa shape index (κ2) is 3.52. The van der Waals surface area contributed by atoms with Crippen LogP contribution in [0.4, 0.5) is 0 Å². The van der Waals surface area contributed by atoms with Crippen LogP contribution < -0.4 is 15.1 Å². The summed E-state index contributed by atoms with van der Waals surface area (Å²) in [6, 6.07) is 15.4. The number of fused-ring (bicyclic) bond motifs is 2. The fourth-order valence-corrected chi connectivity index (χ4v) is 5.56. The summed E-state index contributed by atoms with van der Waals surface area (Å²) in [7, 11) is 0. The van der Waals surface area contributed by atoms with Gasteiger partial charge in [0.05, 0.1) is 18.2 Å². The Morgan fingerprint density at radius 2 is 1.19 bits per heavy atom. The van der Waals surface area contributed by atoms with E-state index in [2.05, 4.69) is 0 Å². The van der Waals surface area contributed by atoms with E-state index in [0.717, 1.165) is 21.9 Å². The molecule has 1 aliphatic heterocycles. The third kappa shape index (κ3) is 1.38. The number of rotatable bonds is 0. The average Bonchev–Trinajstić information content (AvgIpc) is 2.29. The van der Waals surface area contributed by atoms with Gasteiger partial charge in [-0.1, -0.05) is 36.4 Å². The molecule has 2 aromatic carbocycles. The van der Waals surface area contributed by atoms with Gasteiger partial charge in [0.25, 0.3) is 0 Å². The number of ether oxygens (including phenoxy) is 1. The van der Waals surface area contributed by atoms with Gasteiger partial charge in [0.15, 0.2) is 0 Å². The monoisotopic (exact) mass is 266 g/mol. The van der Waals surface area contributed by atoms with Crippen LogP contribution in [-0.4, -0.2) is 6.69 Å². The van der Waals surface area contributed by atoms with Crippen LogP contribution in [0.3, 0.4) is 0 Å². The SMILES string of the molecule is Cl[Si-]1(Cl)c2ccccc2Oc2ccccc21. The number of benzene rings is 2. The van der Waals surface area contributed by atoms with Gasteiger partial charge in [-0.3, -0.25) is 0 Å². The summed E-state index contributed by atoms with van der Waals surface area (Å²) in [5, 5.41) is 1.86. The Kier molecular flexibility index (Phi) is 2.25. The molecule has 2 aromatic rings. The molecule has 0 amide bonds. The first kappa shape index (κ1) is 10.2. The molecule has 0 N–H and O–H groups in total. The van der Waals surface area contributed by atoms with Gasteiger partial charge < -0.3 is 26.9 Å². The van der Waals surface area contributed by atoms with Gasteiger partial charge in [-0.05, 0) is 12.1 Å². The Morgan fingerprint density at radius 3 is 1.69 bits per heavy atom. The average molecular weight is 267 g/mol. The molecule has 0 saturated heterocycles. The minimum Gasteiger partial charge on any atom is -0.463 e. The largest absolute Gasteiger partial charge is 0.463 e. The van der Waals surface area contributed by atoms with Crippen molar-refractivity contribution in [3.05, 3.63) is 48.5 Å². The first-order valence-corrected chi connectivity index (χ1v) is 8.96. The summed E-state index contributed by atoms with van der Waals surface area (Å²) >= 11 is 13.1. The van der Waals surface area contributed by atoms with E-state index in [1.165, 1.54) is 0 Å². The zero-order valence-electron chi connectivity index (χ0n) is 8.28. The zero-order valence-corrected chi connectivity index (χ0v) is 10.8. The summed E-state index contributed by atoms with van der Waals surface area (Å²) in [6.45, 7) is -2.61. The van der Waals surface area contributed by atoms with E-state index in [0.29, 0.717) is 0 Å². The Hall–Kier alpha value is -0.963. The Balaban J connectivity index is 2.28. The standard InChI is InChI=1S/C12H8Cl2OSi/c13-16(14)11-7-3-1-5-9(11)15-10-6-2-4-8-12(10)16/h1-8H/q-1. The quantitative estimate of drug-likeness (QED) is 0.527. The van der Waals surface area contributed by atoms with Crippen molar-refractivity contribution in [3.63, 3.8) is 0 Å². The maximum absolute atomic E-state index is 6.56. The highest BCUT2D eigenvalue weighted by molar-refractivity contribution is 7.56. The molecular weight excluding hydrogens is 259 g/mol. The van der Waals surface area contributed by atoms with E-state index < -0.39 is 6.69 Å². The third-order valence-corrected chi connectivity index (χ3v) is 7.29. The minimum absolute atomic E-state index is 0.776. The lowest BCUT2D eigenvalue weighted by Crippen LogP contribution is -2.52. The predicted molar refractivity (Wildman–Crippen MR) is 69.7 cm³/mol. The Bertz CT molecular complexity index is 507. The van der Waals surface area contributed by atoms with E-state index in [9.17, 15) is 0 Å². The van der Waals surface area contributed by atoms with E-state index in [1.807, 2.05) is 48.5 Å². The maximum atomic E-state index is 6.56. The van der Waals surface area contributed by atoms with Crippen molar-refractivity contribution < 1.29 is 4.74 Å². The van der Waals surface area contributed by atoms with E-state index in [4.69, 9.17) is 26.9 Å². The molecule has 1 heterocycles. The fraction of sp³-hybridized carbons (Fsp3) is 0. The van der Waals surface area contributed by atoms with Crippen LogP contribution in [0.2, 0.25) is 0 Å². The van der Waals surface area contributed by atoms with Gasteiger partial charge in [-0.25, -0.2) is 0 Å². The minimum atomic E-state index is -2.61. The molecule has 0 saturated carbocycles. The summed E-state index contributed by atoms with van der Waals surface area (Å²) in [4.78, 5) is 0. The molecule has 1 nitrogen and oxygen atoms in total. The highest BCUT2D eigenvalue weighted by Gasteiger charge is 2.28. The highest BCUT2D eigenvalue weighted by atomic mass is 35.7. The second-order valence-corrected chi connectivity index (χ2v) is 9.88. The molecule has 81 valence electrons. The number of halogens is 2. The molecule has 0 unspecified atom stereocenters. The number of para-hydroxylation sites is 2. The van der Waals surface area contributed by atoms with Gasteiger partial charge >= 0.3 is 0 Å². The molecule has 4 heteroatoms. The number of hydrogen-bond donors (Lipinski definition) is 0. The predicted octanol–water partition coefficient (Wildman–Crippen LogP) is 2.83. The highest BCUT2D eigenvalue weighted by Crippen LogP contribution is 2.32. The summed E-state index contributed by atoms with van der Waals surface area (Å²) in [5.41, 5.74) is 0. The van der Waals surface area contributed by atoms with Gasteiger partial charge in [0, 0.05) is 0 Å². The molecule has 1 aliphatic rings. The Morgan fingerprint density at radius 1 is 0.750 bits per heavy atom. The lowest BCUT2D eigenvalue weighted by Gasteiger charge is -2.39. The van der Waals surface area contributed by atoms with E-state index in [-0.39, 0.29) is 0 Å². The lowest BCUT2D eigenvalue weighted by atomic mass is 10.3. The van der Waals surface area contributed by atoms with Crippen molar-refractivity contribution in [3.8, 4) is 11.5 Å². The molecule has 3 rings (SSSR count). The van der Waals surface area contributed by atoms with Crippen LogP contribution in [0.25, 0.3) is 0 Å². The van der Waals surface area contributed by atoms with Gasteiger partial charge in [-0.2, -0.15) is 0 Å². The molecule has 16 heavy (non-hydrogen) atoms. The normalized spacial score (nSPS) is 15.9. The fourth-order valence-electron chi connectivity index (χ4n) is 1.89. The molecule has 0 fully saturated rings. The van der Waals surface area contributed by atoms with Crippen molar-refractivity contribution in [1.29, 1.82) is 0 Å². The Labute approximate surface area is 104 Å². The smallest absolute Gasteiger partial charge is 0.0991 e. The lowest BCUT2D eigenvalue weighted by molar-refractivity contribution is 0.487. The zero-order chi connectivity index (χ0) is 11.2. The van der Waals surface area contributed by atoms with Crippen molar-refractivity contribution in [2.75, 3.05) is 0 Å². The summed E-state index contributed by atoms with van der Waals surface area (Å²) < 4.78 is 5.78. The van der Waals surface area contributed by atoms with Crippen molar-refractivity contribution >= 4 is 39.2 Å². The first-order valence-electron chi connectivity index (χ1n) is 4.94. The van der Waals surface area contributed by atoms with Crippen LogP contribution in [0.1, 0.15) is 0 Å². The van der Waals surface area contributed by atoms with Gasteiger partial charge in [0.1, 0.15) is 0 Å². The molecular formula is C12H8Cl2OSi-. The van der Waals surface area contributed by atoms with Crippen LogP contribution in [0.5, 0.6) is 11.5 Å². The second-order valence-electron chi connectivity index (χ2n) is 3.67. The van der Waals surface area contributed by atoms with Crippen molar-refractivity contribution in [2.24, 2.45) is 0 Å². The number of hydrogen-bond acceptors (Lipinski definition) is 1. The van der Waals surface area contributed by atoms with Crippen LogP contribution in [0.15, 0.2) is 48.5 Å². The van der Waals surface area contributed by atoms with Crippen LogP contribution in [0, 0.1) is 0 Å². The third-order valence-electron chi connectivity index (χ3n) is 2.67. The van der Waals surface area contributed by atoms with Crippen LogP contribution in [-0.2, 0) is 0 Å². The molecule has 0 spiro atoms. The van der Waals surface area contributed by atoms with Crippen molar-refractivity contribution in [1.82, 2.24) is 0 Å². The molecule has 0 aromatic heterocycles. The molecule has 0 radical (unpaired) electrons. The maximum Gasteiger partial charge on any atom is 0.0991 e. The molecule has 0 atom stereocenters. The van der Waals surface area contributed by atoms with Crippen molar-refractivity contribution in [2.45, 2.75) is 0 Å². The summed E-state index contributed by atoms with van der Waals surface area (Å²) in [5.74, 6) is 1.55. The summed E-state index contributed by atoms with van der Waals surface area (Å²) in [6.07, 6.45) is 0. The van der Waals surface area contributed by atoms with Gasteiger partial charge in [0.2, 0.25) is 0 Å². The topological polar surface area (TPSA) is 9.23 Å². The molecule has 0 bridgehead atoms. The van der Waals surface area contributed by atoms with Gasteiger partial charge in [-0.15, -0.1) is 10.4 Å². The first-order chi connectivity index (χ1) is 7.69. The van der Waals surface area contributed by atoms with E-state index in [1.54, 1.807) is 0 Å². The molecule has 0 aliphatic carbocycles. The van der Waals surface area contributed by atoms with E-state index >= 15 is 0 Å².